The van der Waals surface area contributed by atoms with Crippen LogP contribution >= 0.6 is 0 Å². The number of anilines is 1. The number of benzene rings is 1. The number of carbonyl (C=O) groups excluding carboxylic acids is 2. The number of nitrogens with zero attached hydrogens (tertiary/aromatic N) is 1. The molecule has 1 saturated heterocycles. The molecule has 1 aliphatic rings. The molecule has 1 aromatic carbocycles. The SMILES string of the molecule is Cc1ccc(C)c(NC(=O)C2CCN(C(=O)C(F)(F)F)CC2)c1. The van der Waals surface area contributed by atoms with E-state index in [0.29, 0.717) is 5.69 Å². The van der Waals surface area contributed by atoms with Crippen LogP contribution in [0.4, 0.5) is 18.9 Å². The Hall–Kier alpha value is -2.05. The number of rotatable bonds is 2. The van der Waals surface area contributed by atoms with Crippen molar-refractivity contribution in [2.75, 3.05) is 18.4 Å². The van der Waals surface area contributed by atoms with Crippen LogP contribution in [0.3, 0.4) is 0 Å². The van der Waals surface area contributed by atoms with Gasteiger partial charge in [0, 0.05) is 24.7 Å². The molecule has 0 atom stereocenters. The van der Waals surface area contributed by atoms with E-state index in [9.17, 15) is 22.8 Å². The average molecular weight is 328 g/mol. The van der Waals surface area contributed by atoms with Crippen molar-refractivity contribution < 1.29 is 22.8 Å². The van der Waals surface area contributed by atoms with Gasteiger partial charge in [0.2, 0.25) is 5.91 Å². The number of likely N-dealkylation sites (tertiary alicyclic amines) is 1. The van der Waals surface area contributed by atoms with Gasteiger partial charge in [0.1, 0.15) is 0 Å². The van der Waals surface area contributed by atoms with Gasteiger partial charge < -0.3 is 10.2 Å². The van der Waals surface area contributed by atoms with Gasteiger partial charge in [-0.15, -0.1) is 0 Å². The maximum absolute atomic E-state index is 12.4. The number of halogens is 3. The van der Waals surface area contributed by atoms with Crippen LogP contribution in [0.5, 0.6) is 0 Å². The van der Waals surface area contributed by atoms with Crippen LogP contribution in [-0.2, 0) is 9.59 Å². The van der Waals surface area contributed by atoms with Gasteiger partial charge in [0.05, 0.1) is 0 Å². The van der Waals surface area contributed by atoms with Gasteiger partial charge in [-0.2, -0.15) is 13.2 Å². The first kappa shape index (κ1) is 17.3. The summed E-state index contributed by atoms with van der Waals surface area (Å²) in [6, 6.07) is 5.69. The van der Waals surface area contributed by atoms with Crippen molar-refractivity contribution in [3.63, 3.8) is 0 Å². The van der Waals surface area contributed by atoms with Crippen LogP contribution in [0.15, 0.2) is 18.2 Å². The number of nitrogens with one attached hydrogen (secondary N) is 1. The van der Waals surface area contributed by atoms with Crippen LogP contribution in [0, 0.1) is 19.8 Å². The first-order valence-electron chi connectivity index (χ1n) is 7.42. The summed E-state index contributed by atoms with van der Waals surface area (Å²) in [5, 5.41) is 2.83. The molecule has 0 aromatic heterocycles. The minimum Gasteiger partial charge on any atom is -0.335 e. The molecule has 0 unspecified atom stereocenters. The van der Waals surface area contributed by atoms with Crippen molar-refractivity contribution in [2.24, 2.45) is 5.92 Å². The second-order valence-corrected chi connectivity index (χ2v) is 5.87. The molecule has 0 saturated carbocycles. The van der Waals surface area contributed by atoms with Gasteiger partial charge in [-0.1, -0.05) is 12.1 Å². The predicted molar refractivity (Wildman–Crippen MR) is 79.9 cm³/mol. The molecule has 0 radical (unpaired) electrons. The first-order chi connectivity index (χ1) is 10.7. The van der Waals surface area contributed by atoms with Crippen LogP contribution < -0.4 is 5.32 Å². The lowest BCUT2D eigenvalue weighted by Crippen LogP contribution is -2.46. The second kappa shape index (κ2) is 6.60. The highest BCUT2D eigenvalue weighted by Gasteiger charge is 2.43. The zero-order chi connectivity index (χ0) is 17.2. The quantitative estimate of drug-likeness (QED) is 0.907. The first-order valence-corrected chi connectivity index (χ1v) is 7.42. The Bertz CT molecular complexity index is 606. The Morgan fingerprint density at radius 1 is 1.17 bits per heavy atom. The lowest BCUT2D eigenvalue weighted by molar-refractivity contribution is -0.186. The normalized spacial score (nSPS) is 16.3. The third kappa shape index (κ3) is 4.24. The Balaban J connectivity index is 1.94. The van der Waals surface area contributed by atoms with Gasteiger partial charge >= 0.3 is 12.1 Å². The monoisotopic (exact) mass is 328 g/mol. The largest absolute Gasteiger partial charge is 0.471 e. The molecule has 0 aliphatic carbocycles. The van der Waals surface area contributed by atoms with Crippen molar-refractivity contribution >= 4 is 17.5 Å². The van der Waals surface area contributed by atoms with Gasteiger partial charge in [0.15, 0.2) is 0 Å². The van der Waals surface area contributed by atoms with E-state index in [1.165, 1.54) is 0 Å². The summed E-state index contributed by atoms with van der Waals surface area (Å²) >= 11 is 0. The van der Waals surface area contributed by atoms with E-state index in [1.807, 2.05) is 32.0 Å². The van der Waals surface area contributed by atoms with Gasteiger partial charge in [0.25, 0.3) is 0 Å². The summed E-state index contributed by atoms with van der Waals surface area (Å²) in [6.45, 7) is 3.68. The zero-order valence-electron chi connectivity index (χ0n) is 13.0. The van der Waals surface area contributed by atoms with E-state index in [2.05, 4.69) is 5.32 Å². The minimum atomic E-state index is -4.85. The third-order valence-electron chi connectivity index (χ3n) is 4.05. The second-order valence-electron chi connectivity index (χ2n) is 5.87. The fourth-order valence-electron chi connectivity index (χ4n) is 2.63. The summed E-state index contributed by atoms with van der Waals surface area (Å²) in [7, 11) is 0. The molecule has 0 bridgehead atoms. The highest BCUT2D eigenvalue weighted by molar-refractivity contribution is 5.93. The molecule has 7 heteroatoms. The zero-order valence-corrected chi connectivity index (χ0v) is 13.0. The van der Waals surface area contributed by atoms with E-state index >= 15 is 0 Å². The lowest BCUT2D eigenvalue weighted by Gasteiger charge is -2.31. The number of hydrogen-bond donors (Lipinski definition) is 1. The maximum atomic E-state index is 12.4. The number of amides is 2. The van der Waals surface area contributed by atoms with Crippen molar-refractivity contribution in [3.8, 4) is 0 Å². The summed E-state index contributed by atoms with van der Waals surface area (Å²) in [5.74, 6) is -2.42. The maximum Gasteiger partial charge on any atom is 0.471 e. The van der Waals surface area contributed by atoms with Gasteiger partial charge in [-0.25, -0.2) is 0 Å². The molecule has 126 valence electrons. The summed E-state index contributed by atoms with van der Waals surface area (Å²) in [4.78, 5) is 24.2. The Morgan fingerprint density at radius 3 is 2.35 bits per heavy atom. The smallest absolute Gasteiger partial charge is 0.335 e. The van der Waals surface area contributed by atoms with E-state index in [-0.39, 0.29) is 37.8 Å². The number of carbonyl (C=O) groups is 2. The Morgan fingerprint density at radius 2 is 1.78 bits per heavy atom. The van der Waals surface area contributed by atoms with Gasteiger partial charge in [-0.05, 0) is 43.9 Å². The average Bonchev–Trinajstić information content (AvgIpc) is 2.49. The van der Waals surface area contributed by atoms with Crippen LogP contribution in [0.25, 0.3) is 0 Å². The molecule has 1 aliphatic heterocycles. The fourth-order valence-corrected chi connectivity index (χ4v) is 2.63. The van der Waals surface area contributed by atoms with Crippen LogP contribution in [0.2, 0.25) is 0 Å². The Kier molecular flexibility index (Phi) is 4.97. The van der Waals surface area contributed by atoms with Crippen LogP contribution in [0.1, 0.15) is 24.0 Å². The highest BCUT2D eigenvalue weighted by Crippen LogP contribution is 2.25. The number of piperidine rings is 1. The van der Waals surface area contributed by atoms with Crippen molar-refractivity contribution in [1.29, 1.82) is 0 Å². The number of alkyl halides is 3. The molecule has 2 rings (SSSR count). The summed E-state index contributed by atoms with van der Waals surface area (Å²) < 4.78 is 37.2. The van der Waals surface area contributed by atoms with Crippen molar-refractivity contribution in [1.82, 2.24) is 4.90 Å². The molecule has 0 spiro atoms. The Labute approximate surface area is 132 Å². The van der Waals surface area contributed by atoms with Crippen molar-refractivity contribution in [3.05, 3.63) is 29.3 Å². The van der Waals surface area contributed by atoms with E-state index in [1.54, 1.807) is 0 Å². The molecular weight excluding hydrogens is 309 g/mol. The third-order valence-corrected chi connectivity index (χ3v) is 4.05. The molecule has 23 heavy (non-hydrogen) atoms. The van der Waals surface area contributed by atoms with E-state index in [4.69, 9.17) is 0 Å². The van der Waals surface area contributed by atoms with E-state index < -0.39 is 12.1 Å². The molecule has 1 fully saturated rings. The molecule has 2 amide bonds. The predicted octanol–water partition coefficient (Wildman–Crippen LogP) is 3.04. The number of hydrogen-bond acceptors (Lipinski definition) is 2. The summed E-state index contributed by atoms with van der Waals surface area (Å²) in [5.41, 5.74) is 2.65. The molecule has 4 nitrogen and oxygen atoms in total. The highest BCUT2D eigenvalue weighted by atomic mass is 19.4. The lowest BCUT2D eigenvalue weighted by atomic mass is 9.95. The number of aryl methyl sites for hydroxylation is 2. The fraction of sp³-hybridized carbons (Fsp3) is 0.500. The summed E-state index contributed by atoms with van der Waals surface area (Å²) in [6.07, 6.45) is -4.38. The minimum absolute atomic E-state index is 0.0524. The van der Waals surface area contributed by atoms with Crippen LogP contribution in [-0.4, -0.2) is 36.0 Å². The van der Waals surface area contributed by atoms with E-state index in [0.717, 1.165) is 16.0 Å². The molecule has 1 aromatic rings. The molecule has 1 heterocycles. The standard InChI is InChI=1S/C16H19F3N2O2/c1-10-3-4-11(2)13(9-10)20-14(22)12-5-7-21(8-6-12)15(23)16(17,18)19/h3-4,9,12H,5-8H2,1-2H3,(H,20,22). The topological polar surface area (TPSA) is 49.4 Å². The van der Waals surface area contributed by atoms with Crippen molar-refractivity contribution in [2.45, 2.75) is 32.9 Å². The molecule has 1 N–H and O–H groups in total. The van der Waals surface area contributed by atoms with Gasteiger partial charge in [-0.3, -0.25) is 9.59 Å². The molecular formula is C16H19F3N2O2.